The van der Waals surface area contributed by atoms with Crippen LogP contribution in [0.5, 0.6) is 0 Å². The van der Waals surface area contributed by atoms with Crippen molar-refractivity contribution in [3.05, 3.63) is 48.6 Å². The Hall–Kier alpha value is -2.18. The predicted octanol–water partition coefficient (Wildman–Crippen LogP) is 19.0. The zero-order valence-corrected chi connectivity index (χ0v) is 46.0. The molecule has 0 rings (SSSR count). The Morgan fingerprint density at radius 2 is 0.783 bits per heavy atom. The van der Waals surface area contributed by atoms with Gasteiger partial charge in [-0.3, -0.25) is 9.59 Å². The number of carbonyl (C=O) groups excluding carboxylic acids is 2. The summed E-state index contributed by atoms with van der Waals surface area (Å²) in [7, 11) is 0. The number of amides is 1. The van der Waals surface area contributed by atoms with Crippen molar-refractivity contribution in [2.24, 2.45) is 0 Å². The Labute approximate surface area is 429 Å². The number of hydrogen-bond donors (Lipinski definition) is 3. The van der Waals surface area contributed by atoms with Crippen molar-refractivity contribution >= 4 is 11.9 Å². The van der Waals surface area contributed by atoms with E-state index in [4.69, 9.17) is 4.74 Å². The van der Waals surface area contributed by atoms with Crippen LogP contribution < -0.4 is 5.32 Å². The van der Waals surface area contributed by atoms with Crippen molar-refractivity contribution in [2.75, 3.05) is 13.2 Å². The molecule has 0 aliphatic heterocycles. The molecule has 0 heterocycles. The van der Waals surface area contributed by atoms with Gasteiger partial charge in [-0.2, -0.15) is 0 Å². The van der Waals surface area contributed by atoms with E-state index in [-0.39, 0.29) is 18.5 Å². The summed E-state index contributed by atoms with van der Waals surface area (Å²) in [4.78, 5) is 24.5. The Morgan fingerprint density at radius 1 is 0.420 bits per heavy atom. The number of aliphatic hydroxyl groups excluding tert-OH is 2. The molecule has 0 bridgehead atoms. The van der Waals surface area contributed by atoms with Gasteiger partial charge in [0.25, 0.3) is 0 Å². The fourth-order valence-corrected chi connectivity index (χ4v) is 9.18. The average Bonchev–Trinajstić information content (AvgIpc) is 3.35. The van der Waals surface area contributed by atoms with E-state index in [2.05, 4.69) is 67.8 Å². The van der Waals surface area contributed by atoms with E-state index < -0.39 is 12.1 Å². The van der Waals surface area contributed by atoms with Gasteiger partial charge in [0, 0.05) is 12.8 Å². The van der Waals surface area contributed by atoms with E-state index in [1.54, 1.807) is 0 Å². The highest BCUT2D eigenvalue weighted by Crippen LogP contribution is 2.17. The van der Waals surface area contributed by atoms with E-state index in [1.165, 1.54) is 193 Å². The third kappa shape index (κ3) is 55.0. The van der Waals surface area contributed by atoms with Gasteiger partial charge in [0.1, 0.15) is 0 Å². The first-order chi connectivity index (χ1) is 34.0. The lowest BCUT2D eigenvalue weighted by Gasteiger charge is -2.22. The van der Waals surface area contributed by atoms with Crippen LogP contribution in [0.2, 0.25) is 0 Å². The van der Waals surface area contributed by atoms with E-state index in [0.717, 1.165) is 89.9 Å². The van der Waals surface area contributed by atoms with Gasteiger partial charge < -0.3 is 20.3 Å². The van der Waals surface area contributed by atoms with Crippen LogP contribution in [0.3, 0.4) is 0 Å². The number of hydrogen-bond acceptors (Lipinski definition) is 5. The molecule has 0 aliphatic rings. The van der Waals surface area contributed by atoms with Gasteiger partial charge in [0.2, 0.25) is 5.91 Å². The van der Waals surface area contributed by atoms with E-state index >= 15 is 0 Å². The molecule has 6 nitrogen and oxygen atoms in total. The third-order valence-corrected chi connectivity index (χ3v) is 13.9. The predicted molar refractivity (Wildman–Crippen MR) is 301 cm³/mol. The summed E-state index contributed by atoms with van der Waals surface area (Å²) in [5.74, 6) is -0.0922. The number of ether oxygens (including phenoxy) is 1. The van der Waals surface area contributed by atoms with Crippen molar-refractivity contribution in [1.82, 2.24) is 5.32 Å². The smallest absolute Gasteiger partial charge is 0.305 e. The van der Waals surface area contributed by atoms with Crippen LogP contribution in [0.25, 0.3) is 0 Å². The number of aliphatic hydroxyl groups is 2. The van der Waals surface area contributed by atoms with E-state index in [1.807, 2.05) is 0 Å². The van der Waals surface area contributed by atoms with Gasteiger partial charge in [0.05, 0.1) is 25.4 Å². The van der Waals surface area contributed by atoms with Crippen LogP contribution in [0.15, 0.2) is 48.6 Å². The van der Waals surface area contributed by atoms with Crippen LogP contribution in [0.4, 0.5) is 0 Å². The molecule has 6 heteroatoms. The zero-order chi connectivity index (χ0) is 50.0. The maximum atomic E-state index is 12.5. The second-order valence-corrected chi connectivity index (χ2v) is 20.7. The van der Waals surface area contributed by atoms with Crippen LogP contribution in [-0.4, -0.2) is 47.4 Å². The van der Waals surface area contributed by atoms with Gasteiger partial charge in [-0.1, -0.05) is 268 Å². The summed E-state index contributed by atoms with van der Waals surface area (Å²) in [6.45, 7) is 4.86. The van der Waals surface area contributed by atoms with Crippen molar-refractivity contribution in [3.63, 3.8) is 0 Å². The molecule has 0 saturated heterocycles. The quantitative estimate of drug-likeness (QED) is 0.0244. The van der Waals surface area contributed by atoms with E-state index in [9.17, 15) is 19.8 Å². The lowest BCUT2D eigenvalue weighted by atomic mass is 10.0. The molecule has 0 fully saturated rings. The molecule has 69 heavy (non-hydrogen) atoms. The molecule has 0 saturated carbocycles. The number of rotatable bonds is 56. The molecular formula is C63H117NO5. The van der Waals surface area contributed by atoms with Crippen molar-refractivity contribution in [1.29, 1.82) is 0 Å². The average molecular weight is 969 g/mol. The first-order valence-electron chi connectivity index (χ1n) is 30.4. The third-order valence-electron chi connectivity index (χ3n) is 13.9. The fraction of sp³-hybridized carbons (Fsp3) is 0.841. The lowest BCUT2D eigenvalue weighted by molar-refractivity contribution is -0.143. The minimum Gasteiger partial charge on any atom is -0.466 e. The highest BCUT2D eigenvalue weighted by molar-refractivity contribution is 5.76. The molecule has 0 aliphatic carbocycles. The molecule has 2 unspecified atom stereocenters. The summed E-state index contributed by atoms with van der Waals surface area (Å²) in [5.41, 5.74) is 0. The zero-order valence-electron chi connectivity index (χ0n) is 46.0. The highest BCUT2D eigenvalue weighted by atomic mass is 16.5. The minimum atomic E-state index is -0.681. The monoisotopic (exact) mass is 968 g/mol. The van der Waals surface area contributed by atoms with Crippen molar-refractivity contribution in [3.8, 4) is 0 Å². The lowest BCUT2D eigenvalue weighted by Crippen LogP contribution is -2.45. The molecule has 0 aromatic heterocycles. The minimum absolute atomic E-state index is 0.0362. The van der Waals surface area contributed by atoms with Crippen molar-refractivity contribution in [2.45, 2.75) is 328 Å². The first-order valence-corrected chi connectivity index (χ1v) is 30.4. The van der Waals surface area contributed by atoms with Crippen LogP contribution in [0, 0.1) is 0 Å². The summed E-state index contributed by atoms with van der Waals surface area (Å²) < 4.78 is 5.44. The van der Waals surface area contributed by atoms with Gasteiger partial charge in [-0.25, -0.2) is 0 Å². The standard InChI is InChI=1S/C63H117NO5/c1-3-5-7-9-11-13-15-17-19-20-21-22-23-24-25-26-28-31-35-39-43-47-51-55-61(66)60(59-65)64-62(67)56-52-48-44-40-36-32-29-27-30-34-38-42-46-50-54-58-69-63(68)57-53-49-45-41-37-33-18-16-14-12-10-8-6-4-2/h10,12,16,18,27,30,34,38,60-61,65-66H,3-9,11,13-15,17,19-26,28-29,31-33,35-37,39-59H2,1-2H3,(H,64,67)/b12-10-,18-16-,30-27-,38-34-. The number of nitrogens with one attached hydrogen (secondary N) is 1. The molecule has 1 amide bonds. The summed E-state index contributed by atoms with van der Waals surface area (Å²) in [5, 5.41) is 23.4. The molecule has 0 radical (unpaired) electrons. The number of unbranched alkanes of at least 4 members (excludes halogenated alkanes) is 38. The van der Waals surface area contributed by atoms with Gasteiger partial charge in [-0.15, -0.1) is 0 Å². The van der Waals surface area contributed by atoms with Gasteiger partial charge in [-0.05, 0) is 83.5 Å². The molecule has 404 valence electrons. The van der Waals surface area contributed by atoms with Crippen LogP contribution in [-0.2, 0) is 14.3 Å². The molecule has 2 atom stereocenters. The highest BCUT2D eigenvalue weighted by Gasteiger charge is 2.20. The van der Waals surface area contributed by atoms with E-state index in [0.29, 0.717) is 25.9 Å². The summed E-state index contributed by atoms with van der Waals surface area (Å²) >= 11 is 0. The summed E-state index contributed by atoms with van der Waals surface area (Å²) in [6, 6.07) is -0.561. The molecule has 3 N–H and O–H groups in total. The molecule has 0 aromatic carbocycles. The second-order valence-electron chi connectivity index (χ2n) is 20.7. The normalized spacial score (nSPS) is 12.9. The molecular weight excluding hydrogens is 851 g/mol. The Morgan fingerprint density at radius 3 is 1.23 bits per heavy atom. The largest absolute Gasteiger partial charge is 0.466 e. The van der Waals surface area contributed by atoms with Crippen molar-refractivity contribution < 1.29 is 24.5 Å². The SMILES string of the molecule is CCCC/C=C\C/C=C\CCCCCCCC(=O)OCCCCC/C=C\C=C/CCCCCCCCC(=O)NC(CO)C(O)CCCCCCCCCCCCCCCCCCCCCCCCC. The topological polar surface area (TPSA) is 95.9 Å². The number of carbonyl (C=O) groups is 2. The summed E-state index contributed by atoms with van der Waals surface area (Å²) in [6.07, 6.45) is 74.0. The Kier molecular flexibility index (Phi) is 56.5. The van der Waals surface area contributed by atoms with Gasteiger partial charge in [0.15, 0.2) is 0 Å². The fourth-order valence-electron chi connectivity index (χ4n) is 9.18. The molecule has 0 spiro atoms. The van der Waals surface area contributed by atoms with Gasteiger partial charge >= 0.3 is 5.97 Å². The Bertz CT molecular complexity index is 1160. The number of allylic oxidation sites excluding steroid dienone is 8. The van der Waals surface area contributed by atoms with Crippen LogP contribution in [0.1, 0.15) is 316 Å². The second kappa shape index (κ2) is 58.4. The van der Waals surface area contributed by atoms with Crippen LogP contribution >= 0.6 is 0 Å². The maximum absolute atomic E-state index is 12.5. The molecule has 0 aromatic rings. The maximum Gasteiger partial charge on any atom is 0.305 e. The first kappa shape index (κ1) is 66.8. The number of esters is 1. The Balaban J connectivity index is 3.52.